The van der Waals surface area contributed by atoms with E-state index in [0.717, 1.165) is 0 Å². The van der Waals surface area contributed by atoms with Crippen LogP contribution in [0.25, 0.3) is 0 Å². The lowest BCUT2D eigenvalue weighted by Crippen LogP contribution is -1.99. The van der Waals surface area contributed by atoms with Gasteiger partial charge in [0.1, 0.15) is 5.75 Å². The average molecular weight is 153 g/mol. The van der Waals surface area contributed by atoms with Gasteiger partial charge in [-0.05, 0) is 6.07 Å². The molecule has 0 spiro atoms. The molecular weight excluding hydrogens is 142 g/mol. The van der Waals surface area contributed by atoms with Gasteiger partial charge >= 0.3 is 0 Å². The summed E-state index contributed by atoms with van der Waals surface area (Å²) >= 11 is 0. The van der Waals surface area contributed by atoms with Crippen LogP contribution in [-0.2, 0) is 0 Å². The van der Waals surface area contributed by atoms with Crippen molar-refractivity contribution in [2.24, 2.45) is 0 Å². The Morgan fingerprint density at radius 2 is 1.55 bits per heavy atom. The molecule has 0 saturated heterocycles. The third-order valence-corrected chi connectivity index (χ3v) is 1.44. The van der Waals surface area contributed by atoms with E-state index >= 15 is 0 Å². The number of ether oxygens (including phenoxy) is 1. The number of anilines is 3. The lowest BCUT2D eigenvalue weighted by Gasteiger charge is -2.06. The first-order valence-corrected chi connectivity index (χ1v) is 3.13. The maximum atomic E-state index is 5.54. The summed E-state index contributed by atoms with van der Waals surface area (Å²) in [6.07, 6.45) is 0. The first-order chi connectivity index (χ1) is 5.15. The van der Waals surface area contributed by atoms with Gasteiger partial charge in [-0.1, -0.05) is 0 Å². The lowest BCUT2D eigenvalue weighted by atomic mass is 10.2. The molecule has 0 aromatic heterocycles. The minimum absolute atomic E-state index is 0.475. The summed E-state index contributed by atoms with van der Waals surface area (Å²) in [7, 11) is 1.53. The molecule has 6 N–H and O–H groups in total. The third kappa shape index (κ3) is 1.29. The van der Waals surface area contributed by atoms with Crippen LogP contribution in [0.5, 0.6) is 5.75 Å². The Kier molecular flexibility index (Phi) is 1.76. The van der Waals surface area contributed by atoms with E-state index in [4.69, 9.17) is 21.9 Å². The molecule has 0 atom stereocenters. The van der Waals surface area contributed by atoms with Gasteiger partial charge in [0.25, 0.3) is 0 Å². The molecule has 60 valence electrons. The summed E-state index contributed by atoms with van der Waals surface area (Å²) in [5.41, 5.74) is 18.0. The normalized spacial score (nSPS) is 9.55. The Morgan fingerprint density at radius 1 is 1.00 bits per heavy atom. The summed E-state index contributed by atoms with van der Waals surface area (Å²) in [6, 6.07) is 3.18. The summed E-state index contributed by atoms with van der Waals surface area (Å²) < 4.78 is 4.92. The molecule has 1 rings (SSSR count). The molecule has 0 saturated carbocycles. The van der Waals surface area contributed by atoms with Crippen molar-refractivity contribution in [1.29, 1.82) is 0 Å². The molecule has 0 aliphatic heterocycles. The predicted molar refractivity (Wildman–Crippen MR) is 46.2 cm³/mol. The Hall–Kier alpha value is -1.58. The molecular formula is C7H11N3O. The van der Waals surface area contributed by atoms with Crippen molar-refractivity contribution in [2.45, 2.75) is 0 Å². The van der Waals surface area contributed by atoms with Crippen LogP contribution in [0.4, 0.5) is 17.1 Å². The van der Waals surface area contributed by atoms with E-state index < -0.39 is 0 Å². The van der Waals surface area contributed by atoms with Crippen LogP contribution in [0.3, 0.4) is 0 Å². The molecule has 4 nitrogen and oxygen atoms in total. The minimum atomic E-state index is 0.475. The van der Waals surface area contributed by atoms with Gasteiger partial charge in [-0.3, -0.25) is 0 Å². The van der Waals surface area contributed by atoms with E-state index in [-0.39, 0.29) is 0 Å². The molecule has 0 amide bonds. The van der Waals surface area contributed by atoms with E-state index in [0.29, 0.717) is 22.8 Å². The van der Waals surface area contributed by atoms with E-state index in [1.807, 2.05) is 0 Å². The summed E-state index contributed by atoms with van der Waals surface area (Å²) in [4.78, 5) is 0. The van der Waals surface area contributed by atoms with Crippen molar-refractivity contribution in [1.82, 2.24) is 0 Å². The molecule has 1 aromatic rings. The second kappa shape index (κ2) is 2.57. The van der Waals surface area contributed by atoms with Crippen molar-refractivity contribution in [3.05, 3.63) is 12.1 Å². The van der Waals surface area contributed by atoms with Gasteiger partial charge in [0.2, 0.25) is 0 Å². The molecule has 4 heteroatoms. The number of nitrogens with two attached hydrogens (primary N) is 3. The minimum Gasteiger partial charge on any atom is -0.495 e. The van der Waals surface area contributed by atoms with Crippen molar-refractivity contribution in [2.75, 3.05) is 24.3 Å². The van der Waals surface area contributed by atoms with Crippen molar-refractivity contribution < 1.29 is 4.74 Å². The number of nitrogen functional groups attached to an aromatic ring is 3. The van der Waals surface area contributed by atoms with E-state index in [9.17, 15) is 0 Å². The summed E-state index contributed by atoms with van der Waals surface area (Å²) in [6.45, 7) is 0. The predicted octanol–water partition coefficient (Wildman–Crippen LogP) is 0.442. The first kappa shape index (κ1) is 7.53. The molecule has 1 aromatic carbocycles. The smallest absolute Gasteiger partial charge is 0.143 e. The largest absolute Gasteiger partial charge is 0.495 e. The Labute approximate surface area is 64.9 Å². The molecule has 0 bridgehead atoms. The molecule has 0 aliphatic carbocycles. The van der Waals surface area contributed by atoms with Crippen molar-refractivity contribution in [3.8, 4) is 5.75 Å². The van der Waals surface area contributed by atoms with Gasteiger partial charge in [0, 0.05) is 6.07 Å². The fraction of sp³-hybridized carbons (Fsp3) is 0.143. The topological polar surface area (TPSA) is 87.3 Å². The number of benzene rings is 1. The van der Waals surface area contributed by atoms with Crippen LogP contribution < -0.4 is 21.9 Å². The van der Waals surface area contributed by atoms with Crippen LogP contribution in [0.15, 0.2) is 12.1 Å². The van der Waals surface area contributed by atoms with Crippen molar-refractivity contribution in [3.63, 3.8) is 0 Å². The highest BCUT2D eigenvalue weighted by molar-refractivity contribution is 5.73. The summed E-state index contributed by atoms with van der Waals surface area (Å²) in [5, 5.41) is 0. The fourth-order valence-electron chi connectivity index (χ4n) is 0.807. The average Bonchev–Trinajstić information content (AvgIpc) is 1.97. The fourth-order valence-corrected chi connectivity index (χ4v) is 0.807. The second-order valence-electron chi connectivity index (χ2n) is 2.22. The van der Waals surface area contributed by atoms with E-state index in [1.54, 1.807) is 12.1 Å². The lowest BCUT2D eigenvalue weighted by molar-refractivity contribution is 0.417. The zero-order valence-electron chi connectivity index (χ0n) is 6.29. The highest BCUT2D eigenvalue weighted by atomic mass is 16.5. The molecule has 0 radical (unpaired) electrons. The third-order valence-electron chi connectivity index (χ3n) is 1.44. The Morgan fingerprint density at radius 3 is 2.09 bits per heavy atom. The number of rotatable bonds is 1. The number of hydrogen-bond donors (Lipinski definition) is 3. The highest BCUT2D eigenvalue weighted by Crippen LogP contribution is 2.28. The maximum Gasteiger partial charge on any atom is 0.143 e. The quantitative estimate of drug-likeness (QED) is 0.511. The molecule has 11 heavy (non-hydrogen) atoms. The van der Waals surface area contributed by atoms with Gasteiger partial charge < -0.3 is 21.9 Å². The second-order valence-corrected chi connectivity index (χ2v) is 2.22. The first-order valence-electron chi connectivity index (χ1n) is 3.13. The SMILES string of the molecule is COc1cc(N)c(N)cc1N. The Bertz CT molecular complexity index is 273. The monoisotopic (exact) mass is 153 g/mol. The van der Waals surface area contributed by atoms with Crippen LogP contribution in [0.2, 0.25) is 0 Å². The highest BCUT2D eigenvalue weighted by Gasteiger charge is 2.01. The molecule has 0 aliphatic rings. The standard InChI is InChI=1S/C7H11N3O/c1-11-7-3-5(9)4(8)2-6(7)10/h2-3H,8-10H2,1H3. The van der Waals surface area contributed by atoms with Gasteiger partial charge in [-0.25, -0.2) is 0 Å². The van der Waals surface area contributed by atoms with Gasteiger partial charge in [-0.2, -0.15) is 0 Å². The number of hydrogen-bond acceptors (Lipinski definition) is 4. The van der Waals surface area contributed by atoms with Crippen LogP contribution in [0.1, 0.15) is 0 Å². The molecule has 0 fully saturated rings. The molecule has 0 heterocycles. The van der Waals surface area contributed by atoms with E-state index in [2.05, 4.69) is 0 Å². The van der Waals surface area contributed by atoms with Crippen LogP contribution in [0, 0.1) is 0 Å². The van der Waals surface area contributed by atoms with Gasteiger partial charge in [0.15, 0.2) is 0 Å². The Balaban J connectivity index is 3.21. The zero-order chi connectivity index (χ0) is 8.43. The van der Waals surface area contributed by atoms with Crippen molar-refractivity contribution >= 4 is 17.1 Å². The molecule has 0 unspecified atom stereocenters. The van der Waals surface area contributed by atoms with E-state index in [1.165, 1.54) is 7.11 Å². The zero-order valence-corrected chi connectivity index (χ0v) is 6.29. The van der Waals surface area contributed by atoms with Gasteiger partial charge in [0.05, 0.1) is 24.2 Å². The van der Waals surface area contributed by atoms with Crippen LogP contribution >= 0.6 is 0 Å². The van der Waals surface area contributed by atoms with Crippen LogP contribution in [-0.4, -0.2) is 7.11 Å². The van der Waals surface area contributed by atoms with Gasteiger partial charge in [-0.15, -0.1) is 0 Å². The summed E-state index contributed by atoms with van der Waals surface area (Å²) in [5.74, 6) is 0.553. The maximum absolute atomic E-state index is 5.54. The number of methoxy groups -OCH3 is 1.